The van der Waals surface area contributed by atoms with Crippen molar-refractivity contribution in [1.29, 1.82) is 0 Å². The number of nitrogens with one attached hydrogen (secondary N) is 1. The Kier molecular flexibility index (Phi) is 4.00. The van der Waals surface area contributed by atoms with Gasteiger partial charge in [0.15, 0.2) is 0 Å². The maximum Gasteiger partial charge on any atom is 0.314 e. The van der Waals surface area contributed by atoms with Crippen LogP contribution in [-0.2, 0) is 11.2 Å². The van der Waals surface area contributed by atoms with Crippen LogP contribution >= 0.6 is 11.6 Å². The predicted octanol–water partition coefficient (Wildman–Crippen LogP) is 1.93. The molecule has 22 heavy (non-hydrogen) atoms. The SMILES string of the molecule is NC(=O)N1CC[C@H](NC(=O)C2(Cc3ccccc3Cl)CC2)C1. The van der Waals surface area contributed by atoms with Crippen LogP contribution in [0.25, 0.3) is 0 Å². The Morgan fingerprint density at radius 2 is 2.09 bits per heavy atom. The third kappa shape index (κ3) is 3.04. The van der Waals surface area contributed by atoms with Crippen LogP contribution in [0.1, 0.15) is 24.8 Å². The van der Waals surface area contributed by atoms with Gasteiger partial charge in [-0.1, -0.05) is 29.8 Å². The fraction of sp³-hybridized carbons (Fsp3) is 0.500. The quantitative estimate of drug-likeness (QED) is 0.889. The molecule has 3 N–H and O–H groups in total. The molecule has 0 radical (unpaired) electrons. The van der Waals surface area contributed by atoms with Crippen LogP contribution in [0.4, 0.5) is 4.79 Å². The molecule has 1 aliphatic heterocycles. The van der Waals surface area contributed by atoms with Crippen LogP contribution in [0.3, 0.4) is 0 Å². The molecule has 5 nitrogen and oxygen atoms in total. The number of primary amides is 1. The zero-order chi connectivity index (χ0) is 15.7. The average molecular weight is 322 g/mol. The zero-order valence-corrected chi connectivity index (χ0v) is 13.1. The van der Waals surface area contributed by atoms with Crippen LogP contribution in [0.15, 0.2) is 24.3 Å². The molecular weight excluding hydrogens is 302 g/mol. The van der Waals surface area contributed by atoms with Gasteiger partial charge < -0.3 is 16.0 Å². The third-order valence-corrected chi connectivity index (χ3v) is 5.03. The van der Waals surface area contributed by atoms with Gasteiger partial charge in [0.1, 0.15) is 0 Å². The van der Waals surface area contributed by atoms with Crippen molar-refractivity contribution in [3.05, 3.63) is 34.9 Å². The molecule has 0 bridgehead atoms. The molecule has 1 saturated carbocycles. The average Bonchev–Trinajstić information content (AvgIpc) is 3.11. The zero-order valence-electron chi connectivity index (χ0n) is 12.3. The number of nitrogens with zero attached hydrogens (tertiary/aromatic N) is 1. The molecule has 1 atom stereocenters. The molecule has 0 aromatic heterocycles. The number of urea groups is 1. The van der Waals surface area contributed by atoms with Crippen molar-refractivity contribution in [3.63, 3.8) is 0 Å². The summed E-state index contributed by atoms with van der Waals surface area (Å²) in [6, 6.07) is 7.24. The van der Waals surface area contributed by atoms with Crippen molar-refractivity contribution in [3.8, 4) is 0 Å². The van der Waals surface area contributed by atoms with E-state index in [1.54, 1.807) is 4.90 Å². The van der Waals surface area contributed by atoms with Gasteiger partial charge in [0.2, 0.25) is 5.91 Å². The molecule has 2 fully saturated rings. The van der Waals surface area contributed by atoms with Gasteiger partial charge in [0.05, 0.1) is 5.41 Å². The maximum absolute atomic E-state index is 12.6. The summed E-state index contributed by atoms with van der Waals surface area (Å²) < 4.78 is 0. The minimum Gasteiger partial charge on any atom is -0.351 e. The lowest BCUT2D eigenvalue weighted by Gasteiger charge is -2.20. The van der Waals surface area contributed by atoms with E-state index in [2.05, 4.69) is 5.32 Å². The van der Waals surface area contributed by atoms with Crippen molar-refractivity contribution >= 4 is 23.5 Å². The number of hydrogen-bond donors (Lipinski definition) is 2. The molecule has 118 valence electrons. The van der Waals surface area contributed by atoms with Crippen molar-refractivity contribution in [2.75, 3.05) is 13.1 Å². The van der Waals surface area contributed by atoms with Crippen LogP contribution in [0.2, 0.25) is 5.02 Å². The lowest BCUT2D eigenvalue weighted by molar-refractivity contribution is -0.127. The molecule has 6 heteroatoms. The molecule has 2 aliphatic rings. The fourth-order valence-corrected chi connectivity index (χ4v) is 3.26. The second-order valence-electron chi connectivity index (χ2n) is 6.29. The van der Waals surface area contributed by atoms with E-state index in [-0.39, 0.29) is 17.4 Å². The van der Waals surface area contributed by atoms with Crippen molar-refractivity contribution in [2.24, 2.45) is 11.1 Å². The molecule has 3 rings (SSSR count). The van der Waals surface area contributed by atoms with Gasteiger partial charge in [-0.3, -0.25) is 4.79 Å². The van der Waals surface area contributed by atoms with E-state index in [1.807, 2.05) is 24.3 Å². The first-order valence-electron chi connectivity index (χ1n) is 7.59. The summed E-state index contributed by atoms with van der Waals surface area (Å²) in [5, 5.41) is 3.79. The third-order valence-electron chi connectivity index (χ3n) is 4.66. The van der Waals surface area contributed by atoms with E-state index >= 15 is 0 Å². The second-order valence-corrected chi connectivity index (χ2v) is 6.70. The number of hydrogen-bond acceptors (Lipinski definition) is 2. The highest BCUT2D eigenvalue weighted by Gasteiger charge is 2.50. The Hall–Kier alpha value is -1.75. The van der Waals surface area contributed by atoms with E-state index in [1.165, 1.54) is 0 Å². The summed E-state index contributed by atoms with van der Waals surface area (Å²) in [5.74, 6) is 0.0729. The van der Waals surface area contributed by atoms with Crippen LogP contribution in [-0.4, -0.2) is 36.0 Å². The molecule has 1 aromatic carbocycles. The molecule has 0 unspecified atom stereocenters. The lowest BCUT2D eigenvalue weighted by Crippen LogP contribution is -2.43. The Bertz CT molecular complexity index is 601. The van der Waals surface area contributed by atoms with Crippen molar-refractivity contribution in [1.82, 2.24) is 10.2 Å². The number of nitrogens with two attached hydrogens (primary N) is 1. The first-order chi connectivity index (χ1) is 10.5. The highest BCUT2D eigenvalue weighted by atomic mass is 35.5. The van der Waals surface area contributed by atoms with Gasteiger partial charge in [0, 0.05) is 24.2 Å². The first-order valence-corrected chi connectivity index (χ1v) is 7.97. The lowest BCUT2D eigenvalue weighted by atomic mass is 9.95. The molecule has 3 amide bonds. The Morgan fingerprint density at radius 3 is 2.68 bits per heavy atom. The van der Waals surface area contributed by atoms with Gasteiger partial charge in [-0.2, -0.15) is 0 Å². The smallest absolute Gasteiger partial charge is 0.314 e. The fourth-order valence-electron chi connectivity index (χ4n) is 3.06. The molecule has 1 aliphatic carbocycles. The number of benzene rings is 1. The predicted molar refractivity (Wildman–Crippen MR) is 84.5 cm³/mol. The van der Waals surface area contributed by atoms with E-state index in [4.69, 9.17) is 17.3 Å². The van der Waals surface area contributed by atoms with Gasteiger partial charge in [-0.15, -0.1) is 0 Å². The van der Waals surface area contributed by atoms with Gasteiger partial charge in [0.25, 0.3) is 0 Å². The number of rotatable bonds is 4. The monoisotopic (exact) mass is 321 g/mol. The molecule has 0 spiro atoms. The Labute approximate surface area is 134 Å². The highest BCUT2D eigenvalue weighted by Crippen LogP contribution is 2.49. The molecule has 1 aromatic rings. The second kappa shape index (κ2) is 5.80. The number of amides is 3. The van der Waals surface area contributed by atoms with Gasteiger partial charge in [-0.25, -0.2) is 4.79 Å². The van der Waals surface area contributed by atoms with Crippen LogP contribution < -0.4 is 11.1 Å². The Balaban J connectivity index is 1.60. The number of halogens is 1. The summed E-state index contributed by atoms with van der Waals surface area (Å²) >= 11 is 6.20. The van der Waals surface area contributed by atoms with Crippen LogP contribution in [0, 0.1) is 5.41 Å². The normalized spacial score (nSPS) is 22.4. The van der Waals surface area contributed by atoms with E-state index in [0.29, 0.717) is 24.5 Å². The standard InChI is InChI=1S/C16H20ClN3O2/c17-13-4-2-1-3-11(13)9-16(6-7-16)14(21)19-12-5-8-20(10-12)15(18)22/h1-4,12H,5-10H2,(H2,18,22)(H,19,21)/t12-/m0/s1. The number of likely N-dealkylation sites (tertiary alicyclic amines) is 1. The van der Waals surface area contributed by atoms with Gasteiger partial charge in [-0.05, 0) is 37.3 Å². The van der Waals surface area contributed by atoms with Crippen molar-refractivity contribution in [2.45, 2.75) is 31.7 Å². The summed E-state index contributed by atoms with van der Waals surface area (Å²) in [6.45, 7) is 1.11. The molecule has 1 saturated heterocycles. The minimum absolute atomic E-state index is 0.00344. The summed E-state index contributed by atoms with van der Waals surface area (Å²) in [6.07, 6.45) is 3.20. The molecular formula is C16H20ClN3O2. The largest absolute Gasteiger partial charge is 0.351 e. The topological polar surface area (TPSA) is 75.4 Å². The molecule has 1 heterocycles. The van der Waals surface area contributed by atoms with Crippen molar-refractivity contribution < 1.29 is 9.59 Å². The minimum atomic E-state index is -0.422. The first kappa shape index (κ1) is 15.2. The van der Waals surface area contributed by atoms with E-state index in [0.717, 1.165) is 24.8 Å². The Morgan fingerprint density at radius 1 is 1.36 bits per heavy atom. The van der Waals surface area contributed by atoms with E-state index < -0.39 is 6.03 Å². The number of carbonyl (C=O) groups is 2. The van der Waals surface area contributed by atoms with Gasteiger partial charge >= 0.3 is 6.03 Å². The number of carbonyl (C=O) groups excluding carboxylic acids is 2. The summed E-state index contributed by atoms with van der Waals surface area (Å²) in [4.78, 5) is 25.3. The van der Waals surface area contributed by atoms with Crippen LogP contribution in [0.5, 0.6) is 0 Å². The summed E-state index contributed by atoms with van der Waals surface area (Å²) in [7, 11) is 0. The van der Waals surface area contributed by atoms with E-state index in [9.17, 15) is 9.59 Å². The maximum atomic E-state index is 12.6. The highest BCUT2D eigenvalue weighted by molar-refractivity contribution is 6.31. The summed E-state index contributed by atoms with van der Waals surface area (Å²) in [5.41, 5.74) is 5.95.